The van der Waals surface area contributed by atoms with Crippen molar-refractivity contribution in [2.24, 2.45) is 0 Å². The van der Waals surface area contributed by atoms with E-state index >= 15 is 0 Å². The van der Waals surface area contributed by atoms with Crippen molar-refractivity contribution in [1.82, 2.24) is 0 Å². The zero-order valence-electron chi connectivity index (χ0n) is 6.02. The van der Waals surface area contributed by atoms with Crippen molar-refractivity contribution in [3.8, 4) is 0 Å². The van der Waals surface area contributed by atoms with Crippen LogP contribution in [0, 0.1) is 0 Å². The van der Waals surface area contributed by atoms with Crippen LogP contribution in [0.1, 0.15) is 19.3 Å². The van der Waals surface area contributed by atoms with Gasteiger partial charge in [0.15, 0.2) is 0 Å². The average Bonchev–Trinajstić information content (AvgIpc) is 1.85. The third-order valence-electron chi connectivity index (χ3n) is 1.88. The number of alkyl halides is 2. The second-order valence-corrected chi connectivity index (χ2v) is 3.99. The highest BCUT2D eigenvalue weighted by Crippen LogP contribution is 2.28. The van der Waals surface area contributed by atoms with Crippen LogP contribution in [0.4, 0.5) is 0 Å². The lowest BCUT2D eigenvalue weighted by atomic mass is 9.97. The monoisotopic (exact) mass is 182 g/mol. The van der Waals surface area contributed by atoms with Crippen LogP contribution in [0.5, 0.6) is 0 Å². The molecular formula is C7H12Cl2O. The SMILES string of the molecule is COC1CC(Cl)CC(Cl)C1. The molecule has 1 rings (SSSR count). The van der Waals surface area contributed by atoms with Gasteiger partial charge in [-0.2, -0.15) is 0 Å². The summed E-state index contributed by atoms with van der Waals surface area (Å²) in [6.07, 6.45) is 3.09. The molecule has 1 fully saturated rings. The van der Waals surface area contributed by atoms with E-state index in [2.05, 4.69) is 0 Å². The predicted octanol–water partition coefficient (Wildman–Crippen LogP) is 2.40. The lowest BCUT2D eigenvalue weighted by molar-refractivity contribution is 0.0737. The predicted molar refractivity (Wildman–Crippen MR) is 43.9 cm³/mol. The van der Waals surface area contributed by atoms with E-state index in [9.17, 15) is 0 Å². The minimum Gasteiger partial charge on any atom is -0.381 e. The van der Waals surface area contributed by atoms with Crippen molar-refractivity contribution in [1.29, 1.82) is 0 Å². The summed E-state index contributed by atoms with van der Waals surface area (Å²) in [5.74, 6) is 0. The molecule has 2 unspecified atom stereocenters. The summed E-state index contributed by atoms with van der Waals surface area (Å²) in [7, 11) is 1.71. The lowest BCUT2D eigenvalue weighted by Gasteiger charge is -2.27. The minimum atomic E-state index is 0.209. The maximum absolute atomic E-state index is 5.92. The Balaban J connectivity index is 2.35. The molecule has 0 amide bonds. The second kappa shape index (κ2) is 3.80. The molecule has 1 aliphatic carbocycles. The smallest absolute Gasteiger partial charge is 0.0599 e. The second-order valence-electron chi connectivity index (χ2n) is 2.76. The number of ether oxygens (including phenoxy) is 1. The van der Waals surface area contributed by atoms with Crippen LogP contribution in [-0.2, 0) is 4.74 Å². The van der Waals surface area contributed by atoms with Gasteiger partial charge < -0.3 is 4.74 Å². The third kappa shape index (κ3) is 2.30. The maximum Gasteiger partial charge on any atom is 0.0599 e. The van der Waals surface area contributed by atoms with E-state index in [0.29, 0.717) is 0 Å². The van der Waals surface area contributed by atoms with Crippen molar-refractivity contribution in [3.63, 3.8) is 0 Å². The van der Waals surface area contributed by atoms with Crippen LogP contribution in [0.2, 0.25) is 0 Å². The first-order valence-electron chi connectivity index (χ1n) is 3.53. The van der Waals surface area contributed by atoms with Gasteiger partial charge in [-0.1, -0.05) is 0 Å². The van der Waals surface area contributed by atoms with Gasteiger partial charge in [-0.25, -0.2) is 0 Å². The van der Waals surface area contributed by atoms with Crippen LogP contribution in [0.15, 0.2) is 0 Å². The molecule has 3 heteroatoms. The highest BCUT2D eigenvalue weighted by atomic mass is 35.5. The largest absolute Gasteiger partial charge is 0.381 e. The standard InChI is InChI=1S/C7H12Cl2O/c1-10-7-3-5(8)2-6(9)4-7/h5-7H,2-4H2,1H3. The number of methoxy groups -OCH3 is 1. The quantitative estimate of drug-likeness (QED) is 0.567. The molecule has 10 heavy (non-hydrogen) atoms. The van der Waals surface area contributed by atoms with E-state index in [-0.39, 0.29) is 16.9 Å². The van der Waals surface area contributed by atoms with Crippen molar-refractivity contribution in [2.75, 3.05) is 7.11 Å². The number of halogens is 2. The van der Waals surface area contributed by atoms with E-state index in [0.717, 1.165) is 19.3 Å². The molecule has 1 saturated carbocycles. The van der Waals surface area contributed by atoms with Crippen molar-refractivity contribution >= 4 is 23.2 Å². The zero-order valence-corrected chi connectivity index (χ0v) is 7.53. The molecule has 0 bridgehead atoms. The first-order valence-corrected chi connectivity index (χ1v) is 4.40. The summed E-state index contributed by atoms with van der Waals surface area (Å²) in [4.78, 5) is 0. The third-order valence-corrected chi connectivity index (χ3v) is 2.59. The van der Waals surface area contributed by atoms with E-state index in [1.165, 1.54) is 0 Å². The highest BCUT2D eigenvalue weighted by Gasteiger charge is 2.25. The Hall–Kier alpha value is 0.540. The van der Waals surface area contributed by atoms with Crippen LogP contribution in [-0.4, -0.2) is 24.0 Å². The summed E-state index contributed by atoms with van der Waals surface area (Å²) in [5.41, 5.74) is 0. The Morgan fingerprint density at radius 1 is 1.10 bits per heavy atom. The molecule has 0 heterocycles. The van der Waals surface area contributed by atoms with Gasteiger partial charge in [0.2, 0.25) is 0 Å². The molecule has 1 aliphatic rings. The van der Waals surface area contributed by atoms with Crippen LogP contribution >= 0.6 is 23.2 Å². The number of hydrogen-bond acceptors (Lipinski definition) is 1. The lowest BCUT2D eigenvalue weighted by Crippen LogP contribution is -2.28. The Morgan fingerprint density at radius 2 is 1.60 bits per heavy atom. The Kier molecular flexibility index (Phi) is 3.28. The first kappa shape index (κ1) is 8.63. The fourth-order valence-corrected chi connectivity index (χ4v) is 2.25. The van der Waals surface area contributed by atoms with E-state index in [4.69, 9.17) is 27.9 Å². The van der Waals surface area contributed by atoms with Crippen molar-refractivity contribution < 1.29 is 4.74 Å². The Morgan fingerprint density at radius 3 is 2.00 bits per heavy atom. The molecule has 0 N–H and O–H groups in total. The van der Waals surface area contributed by atoms with Gasteiger partial charge in [-0.3, -0.25) is 0 Å². The minimum absolute atomic E-state index is 0.209. The topological polar surface area (TPSA) is 9.23 Å². The molecule has 0 aromatic rings. The molecule has 0 aliphatic heterocycles. The Labute approximate surface area is 71.6 Å². The fraction of sp³-hybridized carbons (Fsp3) is 1.00. The maximum atomic E-state index is 5.92. The molecule has 0 aromatic heterocycles. The van der Waals surface area contributed by atoms with Gasteiger partial charge in [0.25, 0.3) is 0 Å². The molecule has 0 aromatic carbocycles. The van der Waals surface area contributed by atoms with E-state index < -0.39 is 0 Å². The summed E-state index contributed by atoms with van der Waals surface area (Å²) < 4.78 is 5.16. The molecule has 0 spiro atoms. The van der Waals surface area contributed by atoms with Gasteiger partial charge >= 0.3 is 0 Å². The zero-order chi connectivity index (χ0) is 7.56. The fourth-order valence-electron chi connectivity index (χ4n) is 1.33. The van der Waals surface area contributed by atoms with Crippen LogP contribution in [0.3, 0.4) is 0 Å². The van der Waals surface area contributed by atoms with Crippen LogP contribution < -0.4 is 0 Å². The van der Waals surface area contributed by atoms with Gasteiger partial charge in [0.1, 0.15) is 0 Å². The molecular weight excluding hydrogens is 171 g/mol. The average molecular weight is 183 g/mol. The summed E-state index contributed by atoms with van der Waals surface area (Å²) in [6, 6.07) is 0. The first-order chi connectivity index (χ1) is 4.72. The van der Waals surface area contributed by atoms with Gasteiger partial charge in [-0.05, 0) is 19.3 Å². The molecule has 0 radical (unpaired) electrons. The highest BCUT2D eigenvalue weighted by molar-refractivity contribution is 6.23. The molecule has 2 atom stereocenters. The van der Waals surface area contributed by atoms with E-state index in [1.807, 2.05) is 0 Å². The Bertz CT molecular complexity index is 97.8. The summed E-state index contributed by atoms with van der Waals surface area (Å²) in [5, 5.41) is 0.419. The molecule has 1 nitrogen and oxygen atoms in total. The normalized spacial score (nSPS) is 41.7. The van der Waals surface area contributed by atoms with Gasteiger partial charge in [0.05, 0.1) is 6.10 Å². The number of rotatable bonds is 1. The van der Waals surface area contributed by atoms with Gasteiger partial charge in [-0.15, -0.1) is 23.2 Å². The number of hydrogen-bond donors (Lipinski definition) is 0. The molecule has 0 saturated heterocycles. The summed E-state index contributed by atoms with van der Waals surface area (Å²) >= 11 is 11.8. The van der Waals surface area contributed by atoms with Crippen molar-refractivity contribution in [2.45, 2.75) is 36.1 Å². The van der Waals surface area contributed by atoms with Crippen molar-refractivity contribution in [3.05, 3.63) is 0 Å². The summed E-state index contributed by atoms with van der Waals surface area (Å²) in [6.45, 7) is 0. The van der Waals surface area contributed by atoms with Crippen LogP contribution in [0.25, 0.3) is 0 Å². The van der Waals surface area contributed by atoms with Gasteiger partial charge in [0, 0.05) is 17.9 Å². The van der Waals surface area contributed by atoms with E-state index in [1.54, 1.807) is 7.11 Å². The molecule has 60 valence electrons.